The van der Waals surface area contributed by atoms with Gasteiger partial charge in [-0.1, -0.05) is 0 Å². The van der Waals surface area contributed by atoms with Crippen LogP contribution in [0.1, 0.15) is 5.82 Å². The minimum Gasteiger partial charge on any atom is -0.550 e. The standard InChI is InChI=1S/C4H6N4O2.H2O/c5-4-6-2(7-8-4)1-3(9)10;/h1H2,(H,9,10)(H3,5,6,7,8);1H2. The summed E-state index contributed by atoms with van der Waals surface area (Å²) in [4.78, 5) is 12.5. The zero-order chi connectivity index (χ0) is 7.56. The third-order valence-corrected chi connectivity index (χ3v) is 0.911. The molecule has 0 bridgehead atoms. The van der Waals surface area contributed by atoms with E-state index >= 15 is 0 Å². The van der Waals surface area contributed by atoms with Gasteiger partial charge in [-0.25, -0.2) is 4.98 Å². The minimum absolute atomic E-state index is 0. The zero-order valence-corrected chi connectivity index (χ0v) is 5.55. The SMILES string of the molecule is Nc1n[nH]c(CC(=O)[O-])[nH+]1.O. The van der Waals surface area contributed by atoms with Crippen LogP contribution in [-0.2, 0) is 11.2 Å². The molecule has 6 N–H and O–H groups in total. The van der Waals surface area contributed by atoms with E-state index in [1.54, 1.807) is 0 Å². The highest BCUT2D eigenvalue weighted by molar-refractivity contribution is 5.66. The average Bonchev–Trinajstić information content (AvgIpc) is 2.13. The molecule has 7 heteroatoms. The van der Waals surface area contributed by atoms with Crippen LogP contribution in [0.25, 0.3) is 0 Å². The van der Waals surface area contributed by atoms with Gasteiger partial charge in [0, 0.05) is 5.10 Å². The quantitative estimate of drug-likeness (QED) is 0.458. The zero-order valence-electron chi connectivity index (χ0n) is 5.55. The maximum atomic E-state index is 9.96. The lowest BCUT2D eigenvalue weighted by atomic mass is 10.4. The van der Waals surface area contributed by atoms with E-state index in [4.69, 9.17) is 5.73 Å². The van der Waals surface area contributed by atoms with Crippen molar-refractivity contribution in [3.8, 4) is 0 Å². The van der Waals surface area contributed by atoms with E-state index < -0.39 is 5.97 Å². The van der Waals surface area contributed by atoms with E-state index in [9.17, 15) is 9.90 Å². The van der Waals surface area contributed by atoms with Crippen LogP contribution in [0.2, 0.25) is 0 Å². The van der Waals surface area contributed by atoms with Gasteiger partial charge in [0.05, 0.1) is 12.4 Å². The first kappa shape index (κ1) is 9.37. The molecule has 0 unspecified atom stereocenters. The molecule has 0 atom stereocenters. The minimum atomic E-state index is -1.18. The molecule has 0 saturated heterocycles. The number of aliphatic carboxylic acids is 1. The van der Waals surface area contributed by atoms with Crippen LogP contribution in [0, 0.1) is 0 Å². The van der Waals surface area contributed by atoms with Crippen LogP contribution < -0.4 is 15.8 Å². The lowest BCUT2D eigenvalue weighted by Crippen LogP contribution is -2.27. The van der Waals surface area contributed by atoms with Crippen molar-refractivity contribution in [1.82, 2.24) is 10.2 Å². The first-order valence-corrected chi connectivity index (χ1v) is 2.60. The number of nitrogens with one attached hydrogen (secondary N) is 2. The van der Waals surface area contributed by atoms with Crippen molar-refractivity contribution in [2.24, 2.45) is 0 Å². The molecule has 1 aromatic heterocycles. The Balaban J connectivity index is 0.000001000. The molecule has 1 heterocycles. The number of rotatable bonds is 2. The summed E-state index contributed by atoms with van der Waals surface area (Å²) in [6.45, 7) is 0. The molecule has 0 aromatic carbocycles. The number of nitrogens with two attached hydrogens (primary N) is 1. The summed E-state index contributed by atoms with van der Waals surface area (Å²) in [7, 11) is 0. The van der Waals surface area contributed by atoms with Crippen molar-refractivity contribution in [2.75, 3.05) is 5.73 Å². The number of anilines is 1. The van der Waals surface area contributed by atoms with Crippen molar-refractivity contribution in [3.63, 3.8) is 0 Å². The average molecular weight is 160 g/mol. The number of carboxylic acids is 1. The summed E-state index contributed by atoms with van der Waals surface area (Å²) >= 11 is 0. The smallest absolute Gasteiger partial charge is 0.372 e. The molecule has 7 nitrogen and oxygen atoms in total. The van der Waals surface area contributed by atoms with E-state index in [2.05, 4.69) is 15.2 Å². The number of nitrogens with zero attached hydrogens (tertiary/aromatic N) is 1. The number of carbonyl (C=O) groups is 1. The van der Waals surface area contributed by atoms with Crippen LogP contribution in [0.4, 0.5) is 5.95 Å². The van der Waals surface area contributed by atoms with Crippen molar-refractivity contribution in [1.29, 1.82) is 0 Å². The van der Waals surface area contributed by atoms with Gasteiger partial charge < -0.3 is 21.1 Å². The van der Waals surface area contributed by atoms with E-state index in [-0.39, 0.29) is 17.8 Å². The number of aromatic nitrogens is 3. The molecule has 11 heavy (non-hydrogen) atoms. The fraction of sp³-hybridized carbons (Fsp3) is 0.250. The predicted molar refractivity (Wildman–Crippen MR) is 31.9 cm³/mol. The monoisotopic (exact) mass is 160 g/mol. The summed E-state index contributed by atoms with van der Waals surface area (Å²) in [6.07, 6.45) is -0.232. The second kappa shape index (κ2) is 3.52. The van der Waals surface area contributed by atoms with Crippen LogP contribution in [-0.4, -0.2) is 21.6 Å². The molecule has 1 rings (SSSR count). The molecule has 0 saturated carbocycles. The fourth-order valence-corrected chi connectivity index (χ4v) is 0.566. The Morgan fingerprint density at radius 3 is 2.82 bits per heavy atom. The number of carbonyl (C=O) groups excluding carboxylic acids is 1. The molecule has 0 aliphatic heterocycles. The lowest BCUT2D eigenvalue weighted by molar-refractivity contribution is -0.375. The molecule has 0 radical (unpaired) electrons. The van der Waals surface area contributed by atoms with Crippen LogP contribution in [0.5, 0.6) is 0 Å². The van der Waals surface area contributed by atoms with Crippen molar-refractivity contribution < 1.29 is 20.4 Å². The number of hydrogen-bond donors (Lipinski definition) is 2. The van der Waals surface area contributed by atoms with Crippen molar-refractivity contribution >= 4 is 11.9 Å². The van der Waals surface area contributed by atoms with Crippen LogP contribution in [0.15, 0.2) is 0 Å². The Morgan fingerprint density at radius 2 is 2.45 bits per heavy atom. The summed E-state index contributed by atoms with van der Waals surface area (Å²) < 4.78 is 0. The number of carboxylic acid groups (broad SMARTS) is 1. The van der Waals surface area contributed by atoms with E-state index in [1.165, 1.54) is 0 Å². The number of nitrogen functional groups attached to an aromatic ring is 1. The van der Waals surface area contributed by atoms with Gasteiger partial charge in [-0.2, -0.15) is 5.10 Å². The summed E-state index contributed by atoms with van der Waals surface area (Å²) in [5.74, 6) is -0.686. The van der Waals surface area contributed by atoms with Crippen molar-refractivity contribution in [2.45, 2.75) is 6.42 Å². The molecule has 1 aromatic rings. The third-order valence-electron chi connectivity index (χ3n) is 0.911. The van der Waals surface area contributed by atoms with Gasteiger partial charge in [0.15, 0.2) is 0 Å². The van der Waals surface area contributed by atoms with E-state index in [0.717, 1.165) is 0 Å². The van der Waals surface area contributed by atoms with Gasteiger partial charge in [0.25, 0.3) is 0 Å². The van der Waals surface area contributed by atoms with Crippen molar-refractivity contribution in [3.05, 3.63) is 5.82 Å². The maximum absolute atomic E-state index is 9.96. The molecule has 0 amide bonds. The fourth-order valence-electron chi connectivity index (χ4n) is 0.566. The molecule has 0 aliphatic carbocycles. The third kappa shape index (κ3) is 2.63. The highest BCUT2D eigenvalue weighted by atomic mass is 16.4. The normalized spacial score (nSPS) is 8.73. The predicted octanol–water partition coefficient (Wildman–Crippen LogP) is -3.73. The lowest BCUT2D eigenvalue weighted by Gasteiger charge is -1.91. The summed E-state index contributed by atoms with van der Waals surface area (Å²) in [6, 6.07) is 0. The topological polar surface area (TPSA) is 140 Å². The Labute approximate surface area is 61.6 Å². The Bertz CT molecular complexity index is 245. The molecule has 0 spiro atoms. The van der Waals surface area contributed by atoms with Gasteiger partial charge in [-0.3, -0.25) is 0 Å². The van der Waals surface area contributed by atoms with Gasteiger partial charge >= 0.3 is 5.95 Å². The first-order chi connectivity index (χ1) is 4.68. The maximum Gasteiger partial charge on any atom is 0.372 e. The Kier molecular flexibility index (Phi) is 3.00. The van der Waals surface area contributed by atoms with E-state index in [1.807, 2.05) is 0 Å². The van der Waals surface area contributed by atoms with Crippen LogP contribution in [0.3, 0.4) is 0 Å². The Hall–Kier alpha value is -1.63. The molecular formula is C4H8N4O3. The summed E-state index contributed by atoms with van der Waals surface area (Å²) in [5, 5.41) is 15.8. The molecule has 62 valence electrons. The van der Waals surface area contributed by atoms with Gasteiger partial charge in [-0.05, 0) is 0 Å². The number of H-pyrrole nitrogens is 2. The number of aromatic amines is 2. The highest BCUT2D eigenvalue weighted by Gasteiger charge is 2.03. The molecular weight excluding hydrogens is 152 g/mol. The van der Waals surface area contributed by atoms with Gasteiger partial charge in [-0.15, -0.1) is 0 Å². The van der Waals surface area contributed by atoms with E-state index in [0.29, 0.717) is 5.82 Å². The molecule has 0 aliphatic rings. The molecule has 0 fully saturated rings. The number of hydrogen-bond acceptors (Lipinski definition) is 4. The van der Waals surface area contributed by atoms with Gasteiger partial charge in [0.2, 0.25) is 5.82 Å². The largest absolute Gasteiger partial charge is 0.550 e. The highest BCUT2D eigenvalue weighted by Crippen LogP contribution is 1.84. The second-order valence-electron chi connectivity index (χ2n) is 1.76. The van der Waals surface area contributed by atoms with Gasteiger partial charge in [0.1, 0.15) is 0 Å². The summed E-state index contributed by atoms with van der Waals surface area (Å²) in [5.41, 5.74) is 5.14. The first-order valence-electron chi connectivity index (χ1n) is 2.60. The Morgan fingerprint density at radius 1 is 1.82 bits per heavy atom. The second-order valence-corrected chi connectivity index (χ2v) is 1.76. The van der Waals surface area contributed by atoms with Crippen LogP contribution >= 0.6 is 0 Å².